The topological polar surface area (TPSA) is 105 Å². The highest BCUT2D eigenvalue weighted by molar-refractivity contribution is 7.87. The molecule has 2 atom stereocenters. The molecule has 22 heavy (non-hydrogen) atoms. The van der Waals surface area contributed by atoms with Crippen molar-refractivity contribution in [3.05, 3.63) is 0 Å². The first-order valence-corrected chi connectivity index (χ1v) is 9.22. The number of nitrogens with zero attached hydrogens (tertiary/aromatic N) is 2. The van der Waals surface area contributed by atoms with Crippen LogP contribution in [0.5, 0.6) is 0 Å². The van der Waals surface area contributed by atoms with Gasteiger partial charge >= 0.3 is 0 Å². The second kappa shape index (κ2) is 7.69. The molecular formula is C13H26N4O4S. The summed E-state index contributed by atoms with van der Waals surface area (Å²) in [7, 11) is -3.51. The molecule has 0 radical (unpaired) electrons. The number of hydrogen-bond acceptors (Lipinski definition) is 5. The van der Waals surface area contributed by atoms with Gasteiger partial charge in [0, 0.05) is 32.2 Å². The molecule has 2 aliphatic heterocycles. The molecule has 8 nitrogen and oxygen atoms in total. The number of nitrogens with two attached hydrogens (primary N) is 1. The second-order valence-corrected chi connectivity index (χ2v) is 7.65. The normalized spacial score (nSPS) is 28.0. The van der Waals surface area contributed by atoms with Crippen LogP contribution in [0.4, 0.5) is 0 Å². The van der Waals surface area contributed by atoms with Crippen LogP contribution >= 0.6 is 0 Å². The third-order valence-electron chi connectivity index (χ3n) is 4.17. The van der Waals surface area contributed by atoms with Crippen molar-refractivity contribution in [2.24, 2.45) is 11.7 Å². The molecule has 2 heterocycles. The maximum atomic E-state index is 12.5. The van der Waals surface area contributed by atoms with Crippen LogP contribution in [0.2, 0.25) is 0 Å². The molecule has 2 fully saturated rings. The van der Waals surface area contributed by atoms with Crippen molar-refractivity contribution in [1.29, 1.82) is 0 Å². The van der Waals surface area contributed by atoms with E-state index in [1.807, 2.05) is 4.90 Å². The Bertz CT molecular complexity index is 478. The van der Waals surface area contributed by atoms with Gasteiger partial charge in [-0.2, -0.15) is 17.4 Å². The van der Waals surface area contributed by atoms with Crippen molar-refractivity contribution in [3.8, 4) is 0 Å². The summed E-state index contributed by atoms with van der Waals surface area (Å²) in [6, 6.07) is -0.174. The summed E-state index contributed by atoms with van der Waals surface area (Å²) in [5.41, 5.74) is 5.24. The van der Waals surface area contributed by atoms with Crippen LogP contribution in [0, 0.1) is 5.92 Å². The Labute approximate surface area is 132 Å². The van der Waals surface area contributed by atoms with E-state index in [1.165, 1.54) is 4.31 Å². The summed E-state index contributed by atoms with van der Waals surface area (Å²) in [6.07, 6.45) is 1.90. The Morgan fingerprint density at radius 2 is 2.00 bits per heavy atom. The molecule has 2 rings (SSSR count). The molecule has 0 spiro atoms. The highest BCUT2D eigenvalue weighted by Crippen LogP contribution is 2.22. The largest absolute Gasteiger partial charge is 0.379 e. The van der Waals surface area contributed by atoms with Gasteiger partial charge in [-0.3, -0.25) is 9.69 Å². The molecular weight excluding hydrogens is 308 g/mol. The van der Waals surface area contributed by atoms with Gasteiger partial charge in [0.2, 0.25) is 5.91 Å². The number of nitrogens with one attached hydrogen (secondary N) is 1. The Morgan fingerprint density at radius 1 is 1.32 bits per heavy atom. The van der Waals surface area contributed by atoms with Crippen LogP contribution in [-0.2, 0) is 19.7 Å². The third-order valence-corrected chi connectivity index (χ3v) is 5.81. The first-order valence-electron chi connectivity index (χ1n) is 7.78. The number of morpholine rings is 1. The average molecular weight is 334 g/mol. The van der Waals surface area contributed by atoms with Gasteiger partial charge in [0.05, 0.1) is 19.8 Å². The zero-order valence-corrected chi connectivity index (χ0v) is 13.8. The fourth-order valence-electron chi connectivity index (χ4n) is 3.16. The van der Waals surface area contributed by atoms with E-state index in [4.69, 9.17) is 10.5 Å². The maximum Gasteiger partial charge on any atom is 0.279 e. The van der Waals surface area contributed by atoms with E-state index in [2.05, 4.69) is 11.6 Å². The maximum absolute atomic E-state index is 12.5. The van der Waals surface area contributed by atoms with E-state index in [0.717, 1.165) is 12.8 Å². The van der Waals surface area contributed by atoms with Crippen LogP contribution in [-0.4, -0.2) is 75.5 Å². The Kier molecular flexibility index (Phi) is 6.16. The molecule has 0 bridgehead atoms. The van der Waals surface area contributed by atoms with Crippen molar-refractivity contribution in [1.82, 2.24) is 13.9 Å². The predicted octanol–water partition coefficient (Wildman–Crippen LogP) is -1.26. The first kappa shape index (κ1) is 17.6. The number of carbonyl (C=O) groups is 1. The third kappa shape index (κ3) is 4.63. The predicted molar refractivity (Wildman–Crippen MR) is 82.3 cm³/mol. The summed E-state index contributed by atoms with van der Waals surface area (Å²) in [5, 5.41) is 0. The zero-order valence-electron chi connectivity index (χ0n) is 13.0. The van der Waals surface area contributed by atoms with Crippen molar-refractivity contribution in [3.63, 3.8) is 0 Å². The summed E-state index contributed by atoms with van der Waals surface area (Å²) < 4.78 is 34.4. The molecule has 2 saturated heterocycles. The first-order chi connectivity index (χ1) is 10.4. The van der Waals surface area contributed by atoms with Crippen molar-refractivity contribution >= 4 is 16.1 Å². The molecule has 0 aromatic rings. The smallest absolute Gasteiger partial charge is 0.279 e. The van der Waals surface area contributed by atoms with E-state index >= 15 is 0 Å². The number of hydrogen-bond donors (Lipinski definition) is 2. The number of rotatable bonds is 7. The fraction of sp³-hybridized carbons (Fsp3) is 0.923. The van der Waals surface area contributed by atoms with Gasteiger partial charge in [0.1, 0.15) is 0 Å². The number of amides is 1. The summed E-state index contributed by atoms with van der Waals surface area (Å²) >= 11 is 0. The summed E-state index contributed by atoms with van der Waals surface area (Å²) in [4.78, 5) is 13.0. The molecule has 3 N–H and O–H groups in total. The molecule has 0 unspecified atom stereocenters. The lowest BCUT2D eigenvalue weighted by molar-refractivity contribution is -0.118. The summed E-state index contributed by atoms with van der Waals surface area (Å²) in [5.74, 6) is -0.174. The van der Waals surface area contributed by atoms with E-state index in [-0.39, 0.29) is 24.4 Å². The van der Waals surface area contributed by atoms with Crippen molar-refractivity contribution < 1.29 is 17.9 Å². The molecule has 2 aliphatic rings. The van der Waals surface area contributed by atoms with Gasteiger partial charge in [0.25, 0.3) is 10.2 Å². The van der Waals surface area contributed by atoms with Gasteiger partial charge in [0.15, 0.2) is 0 Å². The van der Waals surface area contributed by atoms with E-state index in [9.17, 15) is 13.2 Å². The van der Waals surface area contributed by atoms with Crippen molar-refractivity contribution in [2.75, 3.05) is 45.9 Å². The number of ether oxygens (including phenoxy) is 1. The molecule has 1 amide bonds. The minimum absolute atomic E-state index is 0.174. The fourth-order valence-corrected chi connectivity index (χ4v) is 4.59. The minimum atomic E-state index is -3.51. The van der Waals surface area contributed by atoms with E-state index in [1.54, 1.807) is 0 Å². The van der Waals surface area contributed by atoms with Gasteiger partial charge < -0.3 is 10.5 Å². The van der Waals surface area contributed by atoms with Crippen LogP contribution in [0.3, 0.4) is 0 Å². The van der Waals surface area contributed by atoms with Crippen LogP contribution in [0.15, 0.2) is 0 Å². The zero-order chi connectivity index (χ0) is 16.2. The van der Waals surface area contributed by atoms with Crippen LogP contribution in [0.25, 0.3) is 0 Å². The monoisotopic (exact) mass is 334 g/mol. The lowest BCUT2D eigenvalue weighted by Gasteiger charge is -2.29. The van der Waals surface area contributed by atoms with Crippen LogP contribution < -0.4 is 10.5 Å². The molecule has 0 aromatic carbocycles. The summed E-state index contributed by atoms with van der Waals surface area (Å²) in [6.45, 7) is 5.09. The second-order valence-electron chi connectivity index (χ2n) is 5.95. The standard InChI is InChI=1S/C13H26N4O4S/c1-2-3-11-8-16(10-13(14)18)9-12(11)15-22(19,20)17-4-6-21-7-5-17/h11-12,15H,2-10H2,1H3,(H2,14,18)/t11-,12-/m1/s1. The Morgan fingerprint density at radius 3 is 2.59 bits per heavy atom. The number of likely N-dealkylation sites (tertiary alicyclic amines) is 1. The minimum Gasteiger partial charge on any atom is -0.379 e. The highest BCUT2D eigenvalue weighted by atomic mass is 32.2. The SMILES string of the molecule is CCC[C@@H]1CN(CC(N)=O)C[C@H]1NS(=O)(=O)N1CCOCC1. The van der Waals surface area contributed by atoms with Gasteiger partial charge in [-0.15, -0.1) is 0 Å². The number of carbonyl (C=O) groups excluding carboxylic acids is 1. The highest BCUT2D eigenvalue weighted by Gasteiger charge is 2.37. The quantitative estimate of drug-likeness (QED) is 0.604. The molecule has 128 valence electrons. The Balaban J connectivity index is 2.00. The Hall–Kier alpha value is -0.740. The van der Waals surface area contributed by atoms with Gasteiger partial charge in [-0.25, -0.2) is 0 Å². The molecule has 0 aliphatic carbocycles. The van der Waals surface area contributed by atoms with Crippen molar-refractivity contribution in [2.45, 2.75) is 25.8 Å². The molecule has 0 aromatic heterocycles. The van der Waals surface area contributed by atoms with Gasteiger partial charge in [-0.1, -0.05) is 13.3 Å². The van der Waals surface area contributed by atoms with Gasteiger partial charge in [-0.05, 0) is 12.3 Å². The lowest BCUT2D eigenvalue weighted by atomic mass is 9.99. The molecule has 0 saturated carbocycles. The average Bonchev–Trinajstić information content (AvgIpc) is 2.80. The molecule has 9 heteroatoms. The number of primary amides is 1. The van der Waals surface area contributed by atoms with E-state index < -0.39 is 10.2 Å². The lowest BCUT2D eigenvalue weighted by Crippen LogP contribution is -2.51. The van der Waals surface area contributed by atoms with E-state index in [0.29, 0.717) is 39.4 Å². The van der Waals surface area contributed by atoms with Crippen LogP contribution in [0.1, 0.15) is 19.8 Å².